The van der Waals surface area contributed by atoms with Gasteiger partial charge in [0.2, 0.25) is 0 Å². The van der Waals surface area contributed by atoms with Crippen LogP contribution in [0.2, 0.25) is 0 Å². The molecule has 0 amide bonds. The lowest BCUT2D eigenvalue weighted by atomic mass is 9.89. The second-order valence-corrected chi connectivity index (χ2v) is 8.19. The predicted octanol–water partition coefficient (Wildman–Crippen LogP) is 3.94. The van der Waals surface area contributed by atoms with E-state index >= 15 is 0 Å². The molecule has 2 nitrogen and oxygen atoms in total. The van der Waals surface area contributed by atoms with E-state index in [1.54, 1.807) is 11.1 Å². The molecule has 4 rings (SSSR count). The van der Waals surface area contributed by atoms with Crippen LogP contribution >= 0.6 is 11.3 Å². The number of fused-ring (bicyclic) bond motifs is 1. The van der Waals surface area contributed by atoms with Crippen LogP contribution in [0, 0.1) is 0 Å². The van der Waals surface area contributed by atoms with Crippen molar-refractivity contribution >= 4 is 11.3 Å². The summed E-state index contributed by atoms with van der Waals surface area (Å²) in [6.07, 6.45) is 6.37. The van der Waals surface area contributed by atoms with Crippen LogP contribution in [0.15, 0.2) is 35.7 Å². The predicted molar refractivity (Wildman–Crippen MR) is 98.0 cm³/mol. The fraction of sp³-hybridized carbons (Fsp3) is 0.500. The van der Waals surface area contributed by atoms with Gasteiger partial charge in [-0.2, -0.15) is 0 Å². The van der Waals surface area contributed by atoms with E-state index in [0.717, 1.165) is 26.1 Å². The van der Waals surface area contributed by atoms with Crippen LogP contribution in [0.4, 0.5) is 0 Å². The smallest absolute Gasteiger partial charge is 0.0234 e. The van der Waals surface area contributed by atoms with Gasteiger partial charge in [-0.25, -0.2) is 0 Å². The van der Waals surface area contributed by atoms with Gasteiger partial charge >= 0.3 is 0 Å². The van der Waals surface area contributed by atoms with Crippen molar-refractivity contribution in [2.75, 3.05) is 13.1 Å². The largest absolute Gasteiger partial charge is 0.327 e. The van der Waals surface area contributed by atoms with Gasteiger partial charge in [-0.3, -0.25) is 4.90 Å². The highest BCUT2D eigenvalue weighted by Gasteiger charge is 2.26. The minimum absolute atomic E-state index is 0.300. The van der Waals surface area contributed by atoms with Crippen molar-refractivity contribution in [2.24, 2.45) is 5.73 Å². The Morgan fingerprint density at radius 2 is 1.96 bits per heavy atom. The van der Waals surface area contributed by atoms with Crippen LogP contribution < -0.4 is 5.73 Å². The number of hydrogen-bond acceptors (Lipinski definition) is 3. The van der Waals surface area contributed by atoms with Crippen molar-refractivity contribution in [1.82, 2.24) is 4.90 Å². The fourth-order valence-electron chi connectivity index (χ4n) is 4.23. The van der Waals surface area contributed by atoms with E-state index in [-0.39, 0.29) is 0 Å². The molecule has 1 aromatic heterocycles. The number of likely N-dealkylation sites (tertiary alicyclic amines) is 1. The first kappa shape index (κ1) is 15.4. The molecule has 23 heavy (non-hydrogen) atoms. The van der Waals surface area contributed by atoms with Crippen molar-refractivity contribution in [3.05, 3.63) is 57.3 Å². The molecule has 2 aliphatic rings. The Morgan fingerprint density at radius 1 is 1.09 bits per heavy atom. The second-order valence-electron chi connectivity index (χ2n) is 7.21. The summed E-state index contributed by atoms with van der Waals surface area (Å²) in [5.74, 6) is 0.608. The Kier molecular flexibility index (Phi) is 4.52. The van der Waals surface area contributed by atoms with E-state index in [1.165, 1.54) is 36.1 Å². The summed E-state index contributed by atoms with van der Waals surface area (Å²) >= 11 is 1.88. The summed E-state index contributed by atoms with van der Waals surface area (Å²) in [6.45, 7) is 3.22. The summed E-state index contributed by atoms with van der Waals surface area (Å²) in [6, 6.07) is 11.9. The number of nitrogens with two attached hydrogens (primary N) is 1. The van der Waals surface area contributed by atoms with Crippen LogP contribution in [-0.4, -0.2) is 24.0 Å². The summed E-state index contributed by atoms with van der Waals surface area (Å²) in [4.78, 5) is 4.05. The zero-order valence-corrected chi connectivity index (χ0v) is 14.5. The van der Waals surface area contributed by atoms with E-state index in [0.29, 0.717) is 12.0 Å². The van der Waals surface area contributed by atoms with Crippen molar-refractivity contribution < 1.29 is 0 Å². The first-order valence-electron chi connectivity index (χ1n) is 8.90. The maximum absolute atomic E-state index is 6.35. The molecule has 0 saturated carbocycles. The molecular formula is C20H26N2S. The number of rotatable bonds is 3. The van der Waals surface area contributed by atoms with E-state index in [1.807, 2.05) is 11.3 Å². The first-order chi connectivity index (χ1) is 11.3. The third kappa shape index (κ3) is 3.52. The van der Waals surface area contributed by atoms with Crippen molar-refractivity contribution in [3.8, 4) is 0 Å². The van der Waals surface area contributed by atoms with Gasteiger partial charge in [-0.05, 0) is 60.2 Å². The molecule has 0 radical (unpaired) electrons. The van der Waals surface area contributed by atoms with Gasteiger partial charge < -0.3 is 5.73 Å². The molecule has 2 aromatic rings. The molecule has 2 N–H and O–H groups in total. The maximum Gasteiger partial charge on any atom is 0.0234 e. The number of benzene rings is 1. The van der Waals surface area contributed by atoms with Gasteiger partial charge in [0.25, 0.3) is 0 Å². The summed E-state index contributed by atoms with van der Waals surface area (Å²) in [5, 5.41) is 2.18. The quantitative estimate of drug-likeness (QED) is 0.925. The second kappa shape index (κ2) is 6.76. The zero-order chi connectivity index (χ0) is 15.6. The van der Waals surface area contributed by atoms with Crippen LogP contribution in [0.5, 0.6) is 0 Å². The molecule has 1 aromatic carbocycles. The molecule has 0 spiro atoms. The summed E-state index contributed by atoms with van der Waals surface area (Å²) in [5.41, 5.74) is 11.0. The molecule has 2 heterocycles. The first-order valence-corrected chi connectivity index (χ1v) is 9.78. The van der Waals surface area contributed by atoms with Crippen LogP contribution in [0.25, 0.3) is 0 Å². The monoisotopic (exact) mass is 326 g/mol. The van der Waals surface area contributed by atoms with Crippen molar-refractivity contribution in [3.63, 3.8) is 0 Å². The normalized spacial score (nSPS) is 25.3. The Hall–Kier alpha value is -1.16. The number of aryl methyl sites for hydroxylation is 2. The minimum Gasteiger partial charge on any atom is -0.327 e. The van der Waals surface area contributed by atoms with Gasteiger partial charge in [-0.1, -0.05) is 24.3 Å². The number of nitrogens with zero attached hydrogens (tertiary/aromatic N) is 1. The lowest BCUT2D eigenvalue weighted by molar-refractivity contribution is 0.182. The highest BCUT2D eigenvalue weighted by atomic mass is 32.1. The number of piperidine rings is 1. The molecule has 1 fully saturated rings. The average molecular weight is 327 g/mol. The molecule has 122 valence electrons. The lowest BCUT2D eigenvalue weighted by Gasteiger charge is -2.36. The van der Waals surface area contributed by atoms with Gasteiger partial charge in [0.1, 0.15) is 0 Å². The van der Waals surface area contributed by atoms with E-state index in [4.69, 9.17) is 5.73 Å². The van der Waals surface area contributed by atoms with Crippen LogP contribution in [0.3, 0.4) is 0 Å². The molecule has 3 heteroatoms. The fourth-order valence-corrected chi connectivity index (χ4v) is 5.07. The highest BCUT2D eigenvalue weighted by molar-refractivity contribution is 7.10. The molecular weight excluding hydrogens is 300 g/mol. The highest BCUT2D eigenvalue weighted by Crippen LogP contribution is 2.30. The number of hydrogen-bond donors (Lipinski definition) is 1. The molecule has 1 aliphatic carbocycles. The topological polar surface area (TPSA) is 29.3 Å². The van der Waals surface area contributed by atoms with Crippen LogP contribution in [-0.2, 0) is 19.4 Å². The van der Waals surface area contributed by atoms with E-state index < -0.39 is 0 Å². The van der Waals surface area contributed by atoms with Gasteiger partial charge in [0, 0.05) is 36.5 Å². The van der Waals surface area contributed by atoms with Crippen molar-refractivity contribution in [2.45, 2.75) is 50.6 Å². The van der Waals surface area contributed by atoms with Crippen LogP contribution in [0.1, 0.15) is 46.7 Å². The van der Waals surface area contributed by atoms with E-state index in [2.05, 4.69) is 40.6 Å². The minimum atomic E-state index is 0.300. The molecule has 2 unspecified atom stereocenters. The third-order valence-electron chi connectivity index (χ3n) is 5.32. The zero-order valence-electron chi connectivity index (χ0n) is 13.7. The third-order valence-corrected chi connectivity index (χ3v) is 6.36. The SMILES string of the molecule is NC1CC(c2cccs2)CN(Cc2ccc3c(c2)CCCC3)C1. The summed E-state index contributed by atoms with van der Waals surface area (Å²) < 4.78 is 0. The van der Waals surface area contributed by atoms with Gasteiger partial charge in [0.15, 0.2) is 0 Å². The Balaban J connectivity index is 1.47. The average Bonchev–Trinajstić information content (AvgIpc) is 3.09. The lowest BCUT2D eigenvalue weighted by Crippen LogP contribution is -2.45. The van der Waals surface area contributed by atoms with E-state index in [9.17, 15) is 0 Å². The van der Waals surface area contributed by atoms with Crippen molar-refractivity contribution in [1.29, 1.82) is 0 Å². The standard InChI is InChI=1S/C20H26N2S/c21-19-11-18(20-6-3-9-23-20)13-22(14-19)12-15-7-8-16-4-1-2-5-17(16)10-15/h3,6-10,18-19H,1-2,4-5,11-14,21H2. The van der Waals surface area contributed by atoms with Gasteiger partial charge in [-0.15, -0.1) is 11.3 Å². The Bertz CT molecular complexity index is 650. The molecule has 1 aliphatic heterocycles. The van der Waals surface area contributed by atoms with Gasteiger partial charge in [0.05, 0.1) is 0 Å². The Morgan fingerprint density at radius 3 is 2.78 bits per heavy atom. The molecule has 1 saturated heterocycles. The summed E-state index contributed by atoms with van der Waals surface area (Å²) in [7, 11) is 0. The number of thiophene rings is 1. The molecule has 0 bridgehead atoms. The maximum atomic E-state index is 6.35. The Labute approximate surface area is 143 Å². The molecule has 2 atom stereocenters.